The molecule has 1 heterocycles. The fourth-order valence-corrected chi connectivity index (χ4v) is 2.80. The van der Waals surface area contributed by atoms with E-state index >= 15 is 0 Å². The fraction of sp³-hybridized carbons (Fsp3) is 0.636. The predicted molar refractivity (Wildman–Crippen MR) is 57.9 cm³/mol. The fourth-order valence-electron chi connectivity index (χ4n) is 2.10. The first kappa shape index (κ1) is 9.22. The van der Waals surface area contributed by atoms with Crippen LogP contribution in [0.1, 0.15) is 25.8 Å². The lowest BCUT2D eigenvalue weighted by molar-refractivity contribution is 0.530. The topological polar surface area (TPSA) is 26.0 Å². The van der Waals surface area contributed by atoms with Crippen molar-refractivity contribution in [3.05, 3.63) is 22.4 Å². The summed E-state index contributed by atoms with van der Waals surface area (Å²) in [5, 5.41) is 4.38. The lowest BCUT2D eigenvalue weighted by Gasteiger charge is -2.00. The van der Waals surface area contributed by atoms with Crippen LogP contribution in [0.4, 0.5) is 0 Å². The molecule has 0 radical (unpaired) electrons. The highest BCUT2D eigenvalue weighted by atomic mass is 32.1. The zero-order valence-corrected chi connectivity index (χ0v) is 9.10. The van der Waals surface area contributed by atoms with Crippen LogP contribution in [0.3, 0.4) is 0 Å². The summed E-state index contributed by atoms with van der Waals surface area (Å²) >= 11 is 1.78. The highest BCUT2D eigenvalue weighted by Gasteiger charge is 2.54. The first-order valence-electron chi connectivity index (χ1n) is 4.89. The van der Waals surface area contributed by atoms with Crippen molar-refractivity contribution in [2.75, 3.05) is 0 Å². The van der Waals surface area contributed by atoms with Crippen LogP contribution in [0.15, 0.2) is 16.8 Å². The Hall–Kier alpha value is -0.340. The van der Waals surface area contributed by atoms with E-state index in [4.69, 9.17) is 5.73 Å². The van der Waals surface area contributed by atoms with Gasteiger partial charge < -0.3 is 5.73 Å². The largest absolute Gasteiger partial charge is 0.327 e. The average molecular weight is 195 g/mol. The summed E-state index contributed by atoms with van der Waals surface area (Å²) in [7, 11) is 0. The van der Waals surface area contributed by atoms with Crippen LogP contribution >= 0.6 is 11.3 Å². The molecule has 0 amide bonds. The van der Waals surface area contributed by atoms with Gasteiger partial charge in [0.15, 0.2) is 0 Å². The second-order valence-electron chi connectivity index (χ2n) is 4.62. The van der Waals surface area contributed by atoms with Gasteiger partial charge in [-0.05, 0) is 46.6 Å². The Morgan fingerprint density at radius 2 is 2.23 bits per heavy atom. The third kappa shape index (κ3) is 1.65. The monoisotopic (exact) mass is 195 g/mol. The molecule has 0 unspecified atom stereocenters. The number of rotatable bonds is 3. The maximum absolute atomic E-state index is 5.99. The van der Waals surface area contributed by atoms with Crippen LogP contribution in [0.2, 0.25) is 0 Å². The third-order valence-electron chi connectivity index (χ3n) is 3.46. The first-order valence-corrected chi connectivity index (χ1v) is 5.83. The summed E-state index contributed by atoms with van der Waals surface area (Å²) in [5.41, 5.74) is 7.86. The Balaban J connectivity index is 1.83. The summed E-state index contributed by atoms with van der Waals surface area (Å²) in [6.07, 6.45) is 2.45. The summed E-state index contributed by atoms with van der Waals surface area (Å²) in [6, 6.07) is 2.65. The normalized spacial score (nSPS) is 30.4. The Labute approximate surface area is 84.0 Å². The van der Waals surface area contributed by atoms with E-state index in [0.717, 1.165) is 5.92 Å². The van der Waals surface area contributed by atoms with Crippen LogP contribution in [-0.4, -0.2) is 6.04 Å². The van der Waals surface area contributed by atoms with Crippen molar-refractivity contribution in [3.8, 4) is 0 Å². The molecule has 0 bridgehead atoms. The maximum Gasteiger partial charge on any atom is 0.0128 e. The molecule has 1 aromatic rings. The molecule has 2 heteroatoms. The minimum atomic E-state index is 0.399. The molecule has 1 fully saturated rings. The van der Waals surface area contributed by atoms with Gasteiger partial charge in [0, 0.05) is 6.04 Å². The van der Waals surface area contributed by atoms with Gasteiger partial charge in [-0.15, -0.1) is 0 Å². The van der Waals surface area contributed by atoms with E-state index in [1.165, 1.54) is 18.4 Å². The minimum Gasteiger partial charge on any atom is -0.327 e. The number of hydrogen-bond donors (Lipinski definition) is 1. The Morgan fingerprint density at radius 1 is 1.54 bits per heavy atom. The molecule has 1 aromatic heterocycles. The van der Waals surface area contributed by atoms with Crippen molar-refractivity contribution in [3.63, 3.8) is 0 Å². The third-order valence-corrected chi connectivity index (χ3v) is 4.20. The summed E-state index contributed by atoms with van der Waals surface area (Å²) in [5.74, 6) is 0.743. The van der Waals surface area contributed by atoms with Crippen LogP contribution in [0, 0.1) is 11.3 Å². The number of aryl methyl sites for hydroxylation is 1. The molecule has 0 aliphatic heterocycles. The van der Waals surface area contributed by atoms with Gasteiger partial charge in [-0.25, -0.2) is 0 Å². The highest BCUT2D eigenvalue weighted by Crippen LogP contribution is 2.52. The van der Waals surface area contributed by atoms with Crippen LogP contribution in [-0.2, 0) is 6.42 Å². The van der Waals surface area contributed by atoms with Crippen molar-refractivity contribution in [1.29, 1.82) is 0 Å². The molecular weight excluding hydrogens is 178 g/mol. The van der Waals surface area contributed by atoms with Gasteiger partial charge in [0.05, 0.1) is 0 Å². The van der Waals surface area contributed by atoms with E-state index in [-0.39, 0.29) is 0 Å². The second kappa shape index (κ2) is 3.10. The summed E-state index contributed by atoms with van der Waals surface area (Å²) < 4.78 is 0. The molecule has 2 N–H and O–H groups in total. The Bertz CT molecular complexity index is 276. The quantitative estimate of drug-likeness (QED) is 0.788. The Kier molecular flexibility index (Phi) is 2.20. The van der Waals surface area contributed by atoms with Crippen LogP contribution in [0.5, 0.6) is 0 Å². The van der Waals surface area contributed by atoms with Gasteiger partial charge in [-0.1, -0.05) is 13.8 Å². The van der Waals surface area contributed by atoms with Gasteiger partial charge in [0.1, 0.15) is 0 Å². The first-order chi connectivity index (χ1) is 6.12. The molecule has 0 aromatic carbocycles. The average Bonchev–Trinajstić information content (AvgIpc) is 2.57. The van der Waals surface area contributed by atoms with Gasteiger partial charge in [0.25, 0.3) is 0 Å². The highest BCUT2D eigenvalue weighted by molar-refractivity contribution is 7.07. The van der Waals surface area contributed by atoms with Crippen molar-refractivity contribution in [2.24, 2.45) is 17.1 Å². The molecule has 1 aliphatic carbocycles. The van der Waals surface area contributed by atoms with Crippen molar-refractivity contribution < 1.29 is 0 Å². The van der Waals surface area contributed by atoms with Crippen molar-refractivity contribution >= 4 is 11.3 Å². The lowest BCUT2D eigenvalue weighted by atomic mass is 10.0. The van der Waals surface area contributed by atoms with E-state index in [0.29, 0.717) is 11.5 Å². The molecule has 1 aliphatic rings. The van der Waals surface area contributed by atoms with E-state index in [1.54, 1.807) is 11.3 Å². The molecule has 1 saturated carbocycles. The molecule has 0 saturated heterocycles. The van der Waals surface area contributed by atoms with Crippen molar-refractivity contribution in [1.82, 2.24) is 0 Å². The molecule has 72 valence electrons. The smallest absolute Gasteiger partial charge is 0.0128 e. The zero-order valence-electron chi connectivity index (χ0n) is 8.29. The van der Waals surface area contributed by atoms with Gasteiger partial charge in [0.2, 0.25) is 0 Å². The van der Waals surface area contributed by atoms with Gasteiger partial charge in [-0.2, -0.15) is 11.3 Å². The van der Waals surface area contributed by atoms with E-state index in [2.05, 4.69) is 30.7 Å². The Morgan fingerprint density at radius 3 is 2.69 bits per heavy atom. The minimum absolute atomic E-state index is 0.399. The number of thiophene rings is 1. The van der Waals surface area contributed by atoms with Gasteiger partial charge in [-0.3, -0.25) is 0 Å². The molecule has 1 nitrogen and oxygen atoms in total. The van der Waals surface area contributed by atoms with Crippen molar-refractivity contribution in [2.45, 2.75) is 32.7 Å². The summed E-state index contributed by atoms with van der Waals surface area (Å²) in [6.45, 7) is 4.55. The maximum atomic E-state index is 5.99. The molecular formula is C11H17NS. The SMILES string of the molecule is CC1(C)[C@@H](N)[C@@H]1CCc1ccsc1. The van der Waals surface area contributed by atoms with E-state index in [9.17, 15) is 0 Å². The zero-order chi connectivity index (χ0) is 9.47. The lowest BCUT2D eigenvalue weighted by Crippen LogP contribution is -2.06. The number of nitrogens with two attached hydrogens (primary N) is 1. The van der Waals surface area contributed by atoms with E-state index in [1.807, 2.05) is 0 Å². The van der Waals surface area contributed by atoms with Crippen LogP contribution in [0.25, 0.3) is 0 Å². The molecule has 0 spiro atoms. The second-order valence-corrected chi connectivity index (χ2v) is 5.40. The van der Waals surface area contributed by atoms with Gasteiger partial charge >= 0.3 is 0 Å². The molecule has 2 rings (SSSR count). The molecule has 13 heavy (non-hydrogen) atoms. The molecule has 2 atom stereocenters. The van der Waals surface area contributed by atoms with E-state index < -0.39 is 0 Å². The predicted octanol–water partition coefficient (Wildman–Crippen LogP) is 2.66. The summed E-state index contributed by atoms with van der Waals surface area (Å²) in [4.78, 5) is 0. The number of hydrogen-bond acceptors (Lipinski definition) is 2. The van der Waals surface area contributed by atoms with Crippen LogP contribution < -0.4 is 5.73 Å². The standard InChI is InChI=1S/C11H17NS/c1-11(2)9(10(11)12)4-3-8-5-6-13-7-8/h5-7,9-10H,3-4,12H2,1-2H3/t9-,10-/m0/s1.